The normalized spacial score (nSPS) is 10.8. The van der Waals surface area contributed by atoms with Crippen LogP contribution in [0.4, 0.5) is 5.69 Å². The van der Waals surface area contributed by atoms with Crippen LogP contribution < -0.4 is 21.9 Å². The van der Waals surface area contributed by atoms with Crippen LogP contribution in [0.25, 0.3) is 16.6 Å². The van der Waals surface area contributed by atoms with Crippen molar-refractivity contribution in [3.05, 3.63) is 104 Å². The zero-order chi connectivity index (χ0) is 24.2. The van der Waals surface area contributed by atoms with Crippen LogP contribution in [0.2, 0.25) is 5.02 Å². The summed E-state index contributed by atoms with van der Waals surface area (Å²) in [5.41, 5.74) is 0.684. The van der Waals surface area contributed by atoms with Crippen LogP contribution in [-0.4, -0.2) is 28.0 Å². The van der Waals surface area contributed by atoms with Crippen LogP contribution in [-0.2, 0) is 22.6 Å². The third kappa shape index (κ3) is 4.62. The summed E-state index contributed by atoms with van der Waals surface area (Å²) in [6, 6.07) is 20.0. The fourth-order valence-electron chi connectivity index (χ4n) is 3.63. The van der Waals surface area contributed by atoms with Gasteiger partial charge in [0, 0.05) is 7.05 Å². The van der Waals surface area contributed by atoms with Crippen molar-refractivity contribution in [1.29, 1.82) is 0 Å². The molecule has 0 aliphatic carbocycles. The maximum absolute atomic E-state index is 13.4. The largest absolute Gasteiger partial charge is 0.359 e. The Morgan fingerprint density at radius 1 is 0.882 bits per heavy atom. The van der Waals surface area contributed by atoms with Gasteiger partial charge in [0.2, 0.25) is 11.8 Å². The Hall–Kier alpha value is -4.17. The SMILES string of the molecule is CNC(=O)Cc1ccc(-n2c(=O)c3ccccc3n(CC(=O)Nc3ccccc3Cl)c2=O)cc1. The topological polar surface area (TPSA) is 102 Å². The van der Waals surface area contributed by atoms with E-state index in [-0.39, 0.29) is 18.9 Å². The minimum Gasteiger partial charge on any atom is -0.359 e. The lowest BCUT2D eigenvalue weighted by molar-refractivity contribution is -0.120. The first-order valence-corrected chi connectivity index (χ1v) is 10.9. The number of hydrogen-bond donors (Lipinski definition) is 2. The Morgan fingerprint density at radius 2 is 1.56 bits per heavy atom. The third-order valence-electron chi connectivity index (χ3n) is 5.34. The molecule has 0 aliphatic rings. The molecule has 0 bridgehead atoms. The molecule has 0 atom stereocenters. The number of halogens is 1. The van der Waals surface area contributed by atoms with Crippen LogP contribution in [0.1, 0.15) is 5.56 Å². The van der Waals surface area contributed by atoms with Gasteiger partial charge in [-0.05, 0) is 42.0 Å². The highest BCUT2D eigenvalue weighted by Gasteiger charge is 2.17. The van der Waals surface area contributed by atoms with Gasteiger partial charge in [-0.2, -0.15) is 0 Å². The zero-order valence-corrected chi connectivity index (χ0v) is 19.0. The second-order valence-electron chi connectivity index (χ2n) is 7.57. The van der Waals surface area contributed by atoms with Crippen molar-refractivity contribution in [2.24, 2.45) is 0 Å². The van der Waals surface area contributed by atoms with Gasteiger partial charge in [0.1, 0.15) is 6.54 Å². The maximum Gasteiger partial charge on any atom is 0.336 e. The molecule has 0 spiro atoms. The van der Waals surface area contributed by atoms with E-state index in [9.17, 15) is 19.2 Å². The molecule has 1 heterocycles. The number of aromatic nitrogens is 2. The van der Waals surface area contributed by atoms with Crippen LogP contribution >= 0.6 is 11.6 Å². The van der Waals surface area contributed by atoms with E-state index in [1.807, 2.05) is 0 Å². The van der Waals surface area contributed by atoms with Crippen LogP contribution in [0.3, 0.4) is 0 Å². The number of anilines is 1. The van der Waals surface area contributed by atoms with Crippen molar-refractivity contribution in [3.63, 3.8) is 0 Å². The van der Waals surface area contributed by atoms with E-state index in [4.69, 9.17) is 11.6 Å². The van der Waals surface area contributed by atoms with Crippen molar-refractivity contribution >= 4 is 40.0 Å². The van der Waals surface area contributed by atoms with E-state index in [1.165, 1.54) is 4.57 Å². The number of carbonyl (C=O) groups is 2. The van der Waals surface area contributed by atoms with Gasteiger partial charge in [-0.1, -0.05) is 48.0 Å². The maximum atomic E-state index is 13.4. The van der Waals surface area contributed by atoms with Gasteiger partial charge < -0.3 is 10.6 Å². The first-order chi connectivity index (χ1) is 16.4. The molecule has 4 aromatic rings. The van der Waals surface area contributed by atoms with Crippen LogP contribution in [0, 0.1) is 0 Å². The Labute approximate surface area is 199 Å². The number of para-hydroxylation sites is 2. The van der Waals surface area contributed by atoms with Gasteiger partial charge in [-0.15, -0.1) is 0 Å². The molecule has 0 saturated heterocycles. The lowest BCUT2D eigenvalue weighted by Gasteiger charge is -2.15. The molecular formula is C25H21ClN4O4. The number of carbonyl (C=O) groups excluding carboxylic acids is 2. The summed E-state index contributed by atoms with van der Waals surface area (Å²) in [5, 5.41) is 5.91. The molecule has 8 nitrogen and oxygen atoms in total. The molecule has 0 saturated carbocycles. The second-order valence-corrected chi connectivity index (χ2v) is 7.98. The standard InChI is InChI=1S/C25H21ClN4O4/c1-27-22(31)14-16-10-12-17(13-11-16)30-24(33)18-6-2-5-9-21(18)29(25(30)34)15-23(32)28-20-8-4-3-7-19(20)26/h2-13H,14-15H2,1H3,(H,27,31)(H,28,32). The molecule has 0 aliphatic heterocycles. The van der Waals surface area contributed by atoms with Crippen LogP contribution in [0.5, 0.6) is 0 Å². The fourth-order valence-corrected chi connectivity index (χ4v) is 3.82. The molecule has 2 amide bonds. The Balaban J connectivity index is 1.77. The molecule has 0 radical (unpaired) electrons. The summed E-state index contributed by atoms with van der Waals surface area (Å²) in [6.07, 6.45) is 0.176. The predicted molar refractivity (Wildman–Crippen MR) is 132 cm³/mol. The Morgan fingerprint density at radius 3 is 2.26 bits per heavy atom. The number of benzene rings is 3. The zero-order valence-electron chi connectivity index (χ0n) is 18.2. The average Bonchev–Trinajstić information content (AvgIpc) is 2.84. The summed E-state index contributed by atoms with van der Waals surface area (Å²) in [5.74, 6) is -0.617. The molecule has 9 heteroatoms. The third-order valence-corrected chi connectivity index (χ3v) is 5.67. The number of fused-ring (bicyclic) bond motifs is 1. The molecule has 1 aromatic heterocycles. The summed E-state index contributed by atoms with van der Waals surface area (Å²) in [7, 11) is 1.55. The summed E-state index contributed by atoms with van der Waals surface area (Å²) < 4.78 is 2.27. The summed E-state index contributed by atoms with van der Waals surface area (Å²) in [6.45, 7) is -0.320. The van der Waals surface area contributed by atoms with E-state index in [0.717, 1.165) is 10.1 Å². The second kappa shape index (κ2) is 9.76. The van der Waals surface area contributed by atoms with Gasteiger partial charge in [0.15, 0.2) is 0 Å². The number of likely N-dealkylation sites (N-methyl/N-ethyl adjacent to an activating group) is 1. The number of hydrogen-bond acceptors (Lipinski definition) is 4. The lowest BCUT2D eigenvalue weighted by Crippen LogP contribution is -2.40. The van der Waals surface area contributed by atoms with Gasteiger partial charge in [0.25, 0.3) is 5.56 Å². The number of nitrogens with zero attached hydrogens (tertiary/aromatic N) is 2. The molecule has 0 unspecified atom stereocenters. The van der Waals surface area contributed by atoms with Crippen molar-refractivity contribution < 1.29 is 9.59 Å². The van der Waals surface area contributed by atoms with Gasteiger partial charge >= 0.3 is 5.69 Å². The van der Waals surface area contributed by atoms with E-state index in [2.05, 4.69) is 10.6 Å². The number of amides is 2. The van der Waals surface area contributed by atoms with E-state index < -0.39 is 17.2 Å². The lowest BCUT2D eigenvalue weighted by atomic mass is 10.1. The van der Waals surface area contributed by atoms with Crippen molar-refractivity contribution in [1.82, 2.24) is 14.5 Å². The molecule has 0 fully saturated rings. The highest BCUT2D eigenvalue weighted by atomic mass is 35.5. The Bertz CT molecular complexity index is 1510. The van der Waals surface area contributed by atoms with Crippen molar-refractivity contribution in [2.75, 3.05) is 12.4 Å². The van der Waals surface area contributed by atoms with Gasteiger partial charge in [-0.25, -0.2) is 9.36 Å². The first kappa shape index (κ1) is 23.0. The van der Waals surface area contributed by atoms with E-state index >= 15 is 0 Å². The molecular weight excluding hydrogens is 456 g/mol. The van der Waals surface area contributed by atoms with Crippen molar-refractivity contribution in [2.45, 2.75) is 13.0 Å². The fraction of sp³-hybridized carbons (Fsp3) is 0.120. The van der Waals surface area contributed by atoms with Crippen LogP contribution in [0.15, 0.2) is 82.4 Å². The molecule has 172 valence electrons. The minimum atomic E-state index is -0.656. The first-order valence-electron chi connectivity index (χ1n) is 10.5. The van der Waals surface area contributed by atoms with Gasteiger partial charge in [0.05, 0.1) is 33.7 Å². The highest BCUT2D eigenvalue weighted by molar-refractivity contribution is 6.33. The summed E-state index contributed by atoms with van der Waals surface area (Å²) >= 11 is 6.12. The quantitative estimate of drug-likeness (QED) is 0.446. The molecule has 34 heavy (non-hydrogen) atoms. The molecule has 4 rings (SSSR count). The van der Waals surface area contributed by atoms with E-state index in [1.54, 1.807) is 79.8 Å². The predicted octanol–water partition coefficient (Wildman–Crippen LogP) is 2.73. The average molecular weight is 477 g/mol. The van der Waals surface area contributed by atoms with Crippen molar-refractivity contribution in [3.8, 4) is 5.69 Å². The van der Waals surface area contributed by atoms with E-state index in [0.29, 0.717) is 27.3 Å². The highest BCUT2D eigenvalue weighted by Crippen LogP contribution is 2.20. The smallest absolute Gasteiger partial charge is 0.336 e. The number of rotatable bonds is 6. The number of nitrogens with one attached hydrogen (secondary N) is 2. The Kier molecular flexibility index (Phi) is 6.60. The molecule has 3 aromatic carbocycles. The van der Waals surface area contributed by atoms with Gasteiger partial charge in [-0.3, -0.25) is 19.0 Å². The monoisotopic (exact) mass is 476 g/mol. The molecule has 2 N–H and O–H groups in total. The summed E-state index contributed by atoms with van der Waals surface area (Å²) in [4.78, 5) is 51.0. The minimum absolute atomic E-state index is 0.150.